The third-order valence-electron chi connectivity index (χ3n) is 3.13. The maximum Gasteiger partial charge on any atom is 0.356 e. The van der Waals surface area contributed by atoms with Crippen molar-refractivity contribution in [3.05, 3.63) is 36.2 Å². The van der Waals surface area contributed by atoms with E-state index < -0.39 is 5.97 Å². The second kappa shape index (κ2) is 4.41. The van der Waals surface area contributed by atoms with Crippen molar-refractivity contribution in [2.24, 2.45) is 7.05 Å². The van der Waals surface area contributed by atoms with Crippen molar-refractivity contribution >= 4 is 16.9 Å². The van der Waals surface area contributed by atoms with Gasteiger partial charge in [0.05, 0.1) is 19.1 Å². The highest BCUT2D eigenvalue weighted by molar-refractivity contribution is 5.90. The average molecular weight is 272 g/mol. The van der Waals surface area contributed by atoms with Crippen LogP contribution in [0.4, 0.5) is 0 Å². The number of carboxylic acids is 1. The van der Waals surface area contributed by atoms with E-state index in [2.05, 4.69) is 5.10 Å². The van der Waals surface area contributed by atoms with Gasteiger partial charge in [-0.05, 0) is 24.3 Å². The summed E-state index contributed by atoms with van der Waals surface area (Å²) in [5.74, 6) is -0.455. The summed E-state index contributed by atoms with van der Waals surface area (Å²) in [6.45, 7) is 0. The molecule has 0 unspecified atom stereocenters. The molecule has 0 bridgehead atoms. The quantitative estimate of drug-likeness (QED) is 0.792. The molecule has 0 amide bonds. The third-order valence-corrected chi connectivity index (χ3v) is 3.13. The maximum absolute atomic E-state index is 11.0. The van der Waals surface area contributed by atoms with Crippen molar-refractivity contribution < 1.29 is 19.1 Å². The second-order valence-corrected chi connectivity index (χ2v) is 4.36. The van der Waals surface area contributed by atoms with Gasteiger partial charge in [-0.3, -0.25) is 4.68 Å². The summed E-state index contributed by atoms with van der Waals surface area (Å²) in [6, 6.07) is 7.07. The highest BCUT2D eigenvalue weighted by Gasteiger charge is 2.15. The van der Waals surface area contributed by atoms with Crippen LogP contribution in [0.3, 0.4) is 0 Å². The van der Waals surface area contributed by atoms with E-state index in [9.17, 15) is 4.79 Å². The topological polar surface area (TPSA) is 77.5 Å². The van der Waals surface area contributed by atoms with E-state index in [0.717, 1.165) is 10.9 Å². The Balaban J connectivity index is 2.21. The molecule has 3 aromatic rings. The Morgan fingerprint density at radius 3 is 2.85 bits per heavy atom. The van der Waals surface area contributed by atoms with Crippen LogP contribution in [-0.2, 0) is 7.05 Å². The Hall–Kier alpha value is -2.76. The number of hydrogen-bond donors (Lipinski definition) is 1. The SMILES string of the molecule is COc1cc(-c2cc(C(=O)O)nn2C)cc2ccoc12. The lowest BCUT2D eigenvalue weighted by Gasteiger charge is -2.06. The molecule has 0 aliphatic rings. The van der Waals surface area contributed by atoms with Gasteiger partial charge in [0.15, 0.2) is 17.0 Å². The van der Waals surface area contributed by atoms with Crippen molar-refractivity contribution in [2.45, 2.75) is 0 Å². The molecule has 0 spiro atoms. The molecule has 3 rings (SSSR count). The number of carbonyl (C=O) groups is 1. The van der Waals surface area contributed by atoms with E-state index in [-0.39, 0.29) is 5.69 Å². The maximum atomic E-state index is 11.0. The molecule has 0 saturated carbocycles. The van der Waals surface area contributed by atoms with Gasteiger partial charge in [-0.25, -0.2) is 4.79 Å². The summed E-state index contributed by atoms with van der Waals surface area (Å²) in [6.07, 6.45) is 1.59. The molecule has 0 atom stereocenters. The smallest absolute Gasteiger partial charge is 0.356 e. The Bertz CT molecular complexity index is 801. The van der Waals surface area contributed by atoms with Gasteiger partial charge in [-0.2, -0.15) is 5.10 Å². The van der Waals surface area contributed by atoms with Gasteiger partial charge in [-0.1, -0.05) is 0 Å². The lowest BCUT2D eigenvalue weighted by atomic mass is 10.1. The average Bonchev–Trinajstić information content (AvgIpc) is 3.03. The molecule has 20 heavy (non-hydrogen) atoms. The minimum Gasteiger partial charge on any atom is -0.493 e. The third kappa shape index (κ3) is 1.82. The van der Waals surface area contributed by atoms with Gasteiger partial charge in [0.25, 0.3) is 0 Å². The molecule has 2 aromatic heterocycles. The van der Waals surface area contributed by atoms with Crippen molar-refractivity contribution in [2.75, 3.05) is 7.11 Å². The first kappa shape index (κ1) is 12.3. The number of carboxylic acid groups (broad SMARTS) is 1. The lowest BCUT2D eigenvalue weighted by Crippen LogP contribution is -1.99. The second-order valence-electron chi connectivity index (χ2n) is 4.36. The number of ether oxygens (including phenoxy) is 1. The Morgan fingerprint density at radius 2 is 2.20 bits per heavy atom. The number of furan rings is 1. The van der Waals surface area contributed by atoms with E-state index in [1.165, 1.54) is 10.7 Å². The number of fused-ring (bicyclic) bond motifs is 1. The predicted molar refractivity (Wildman–Crippen MR) is 71.9 cm³/mol. The summed E-state index contributed by atoms with van der Waals surface area (Å²) in [5.41, 5.74) is 2.19. The minimum atomic E-state index is -1.05. The molecule has 102 valence electrons. The molecule has 2 heterocycles. The number of benzene rings is 1. The van der Waals surface area contributed by atoms with Crippen LogP contribution in [0.1, 0.15) is 10.5 Å². The zero-order valence-corrected chi connectivity index (χ0v) is 11.0. The molecule has 0 aliphatic carbocycles. The van der Waals surface area contributed by atoms with Crippen LogP contribution in [0.15, 0.2) is 34.9 Å². The van der Waals surface area contributed by atoms with E-state index in [0.29, 0.717) is 17.0 Å². The van der Waals surface area contributed by atoms with Crippen LogP contribution in [0, 0.1) is 0 Å². The van der Waals surface area contributed by atoms with Crippen LogP contribution in [-0.4, -0.2) is 28.0 Å². The van der Waals surface area contributed by atoms with Gasteiger partial charge in [0.2, 0.25) is 0 Å². The fourth-order valence-electron chi connectivity index (χ4n) is 2.19. The number of nitrogens with zero attached hydrogens (tertiary/aromatic N) is 2. The van der Waals surface area contributed by atoms with Gasteiger partial charge in [0, 0.05) is 18.0 Å². The number of aryl methyl sites for hydroxylation is 1. The number of rotatable bonds is 3. The van der Waals surface area contributed by atoms with Crippen molar-refractivity contribution in [1.29, 1.82) is 0 Å². The number of aromatic nitrogens is 2. The highest BCUT2D eigenvalue weighted by Crippen LogP contribution is 2.33. The molecule has 0 fully saturated rings. The molecule has 6 heteroatoms. The minimum absolute atomic E-state index is 0.00811. The van der Waals surface area contributed by atoms with Crippen LogP contribution in [0.25, 0.3) is 22.2 Å². The molecule has 0 aliphatic heterocycles. The molecular formula is C14H12N2O4. The van der Waals surface area contributed by atoms with E-state index >= 15 is 0 Å². The zero-order chi connectivity index (χ0) is 14.3. The Morgan fingerprint density at radius 1 is 1.40 bits per heavy atom. The summed E-state index contributed by atoms with van der Waals surface area (Å²) in [4.78, 5) is 11.0. The first-order valence-corrected chi connectivity index (χ1v) is 5.93. The van der Waals surface area contributed by atoms with Crippen LogP contribution >= 0.6 is 0 Å². The highest BCUT2D eigenvalue weighted by atomic mass is 16.5. The first-order valence-electron chi connectivity index (χ1n) is 5.93. The Labute approximate surface area is 114 Å². The van der Waals surface area contributed by atoms with Gasteiger partial charge in [0.1, 0.15) is 0 Å². The number of hydrogen-bond acceptors (Lipinski definition) is 4. The monoisotopic (exact) mass is 272 g/mol. The first-order chi connectivity index (χ1) is 9.60. The van der Waals surface area contributed by atoms with E-state index in [1.807, 2.05) is 12.1 Å². The van der Waals surface area contributed by atoms with Crippen LogP contribution in [0.2, 0.25) is 0 Å². The van der Waals surface area contributed by atoms with E-state index in [1.54, 1.807) is 26.5 Å². The zero-order valence-electron chi connectivity index (χ0n) is 11.0. The summed E-state index contributed by atoms with van der Waals surface area (Å²) in [7, 11) is 3.26. The molecule has 0 saturated heterocycles. The van der Waals surface area contributed by atoms with E-state index in [4.69, 9.17) is 14.3 Å². The van der Waals surface area contributed by atoms with Crippen molar-refractivity contribution in [3.63, 3.8) is 0 Å². The summed E-state index contributed by atoms with van der Waals surface area (Å²) >= 11 is 0. The van der Waals surface area contributed by atoms with Gasteiger partial charge in [-0.15, -0.1) is 0 Å². The van der Waals surface area contributed by atoms with Gasteiger partial charge < -0.3 is 14.3 Å². The Kier molecular flexibility index (Phi) is 2.71. The lowest BCUT2D eigenvalue weighted by molar-refractivity contribution is 0.0689. The molecular weight excluding hydrogens is 260 g/mol. The summed E-state index contributed by atoms with van der Waals surface area (Å²) in [5, 5.41) is 13.8. The number of aromatic carboxylic acids is 1. The standard InChI is InChI=1S/C14H12N2O4/c1-16-11(7-10(15-16)14(17)18)9-5-8-3-4-20-13(8)12(6-9)19-2/h3-7H,1-2H3,(H,17,18). The molecule has 1 N–H and O–H groups in total. The molecule has 0 radical (unpaired) electrons. The predicted octanol–water partition coefficient (Wildman–Crippen LogP) is 2.54. The normalized spacial score (nSPS) is 10.9. The fourth-order valence-corrected chi connectivity index (χ4v) is 2.19. The number of methoxy groups -OCH3 is 1. The largest absolute Gasteiger partial charge is 0.493 e. The van der Waals surface area contributed by atoms with Crippen molar-refractivity contribution in [3.8, 4) is 17.0 Å². The molecule has 6 nitrogen and oxygen atoms in total. The van der Waals surface area contributed by atoms with Crippen molar-refractivity contribution in [1.82, 2.24) is 9.78 Å². The van der Waals surface area contributed by atoms with Crippen LogP contribution in [0.5, 0.6) is 5.75 Å². The molecule has 1 aromatic carbocycles. The van der Waals surface area contributed by atoms with Gasteiger partial charge >= 0.3 is 5.97 Å². The van der Waals surface area contributed by atoms with Crippen LogP contribution < -0.4 is 4.74 Å². The fraction of sp³-hybridized carbons (Fsp3) is 0.143. The summed E-state index contributed by atoms with van der Waals surface area (Å²) < 4.78 is 12.2.